The molecule has 0 atom stereocenters. The molecule has 1 aliphatic heterocycles. The number of halogens is 5. The Morgan fingerprint density at radius 3 is 2.45 bits per heavy atom. The Morgan fingerprint density at radius 2 is 1.84 bits per heavy atom. The molecule has 0 aliphatic carbocycles. The maximum atomic E-state index is 13.2. The molecule has 1 aliphatic rings. The predicted octanol–water partition coefficient (Wildman–Crippen LogP) is 5.75. The van der Waals surface area contributed by atoms with E-state index < -0.39 is 22.4 Å². The van der Waals surface area contributed by atoms with E-state index in [0.717, 1.165) is 6.07 Å². The van der Waals surface area contributed by atoms with Crippen LogP contribution in [0.25, 0.3) is 0 Å². The summed E-state index contributed by atoms with van der Waals surface area (Å²) in [7, 11) is 0. The van der Waals surface area contributed by atoms with Crippen LogP contribution < -0.4 is 0 Å². The van der Waals surface area contributed by atoms with Gasteiger partial charge in [0.15, 0.2) is 5.78 Å². The van der Waals surface area contributed by atoms with Crippen LogP contribution in [0.15, 0.2) is 36.4 Å². The molecule has 3 rings (SSSR count). The first-order valence-electron chi connectivity index (χ1n) is 10.1. The smallest absolute Gasteiger partial charge is 0.385 e. The number of aliphatic hydroxyl groups is 1. The molecule has 0 aromatic heterocycles. The average molecular weight is 458 g/mol. The second-order valence-corrected chi connectivity index (χ2v) is 8.46. The molecule has 1 saturated heterocycles. The number of aryl methyl sites for hydroxylation is 1. The summed E-state index contributed by atoms with van der Waals surface area (Å²) in [5.41, 5.74) is -0.961. The first kappa shape index (κ1) is 23.7. The molecule has 1 N–H and O–H groups in total. The van der Waals surface area contributed by atoms with Gasteiger partial charge in [0.05, 0.1) is 16.2 Å². The van der Waals surface area contributed by atoms with Gasteiger partial charge in [-0.1, -0.05) is 17.7 Å². The summed E-state index contributed by atoms with van der Waals surface area (Å²) in [6.07, 6.45) is -3.08. The van der Waals surface area contributed by atoms with Crippen LogP contribution in [0.4, 0.5) is 17.6 Å². The number of piperidine rings is 1. The Bertz CT molecular complexity index is 953. The highest BCUT2D eigenvalue weighted by molar-refractivity contribution is 6.31. The molecule has 2 aromatic rings. The summed E-state index contributed by atoms with van der Waals surface area (Å²) in [6.45, 7) is 3.34. The van der Waals surface area contributed by atoms with Crippen molar-refractivity contribution in [1.82, 2.24) is 4.90 Å². The van der Waals surface area contributed by atoms with Crippen LogP contribution in [0.3, 0.4) is 0 Å². The number of carbonyl (C=O) groups excluding carboxylic acids is 1. The summed E-state index contributed by atoms with van der Waals surface area (Å²) in [5.74, 6) is -0.426. The number of likely N-dealkylation sites (tertiary alicyclic amines) is 1. The van der Waals surface area contributed by atoms with E-state index in [1.807, 2.05) is 0 Å². The van der Waals surface area contributed by atoms with Crippen LogP contribution in [-0.2, 0) is 11.8 Å². The largest absolute Gasteiger partial charge is 0.417 e. The topological polar surface area (TPSA) is 40.5 Å². The molecule has 1 fully saturated rings. The molecule has 31 heavy (non-hydrogen) atoms. The molecule has 3 nitrogen and oxygen atoms in total. The molecule has 0 unspecified atom stereocenters. The van der Waals surface area contributed by atoms with E-state index >= 15 is 0 Å². The Labute approximate surface area is 183 Å². The number of rotatable bonds is 6. The molecule has 8 heteroatoms. The van der Waals surface area contributed by atoms with Crippen LogP contribution in [0.5, 0.6) is 0 Å². The first-order valence-corrected chi connectivity index (χ1v) is 10.5. The lowest BCUT2D eigenvalue weighted by molar-refractivity contribution is -0.137. The van der Waals surface area contributed by atoms with Crippen LogP contribution in [0.1, 0.15) is 52.7 Å². The molecular formula is C23H24ClF4NO2. The SMILES string of the molecule is Cc1cc(F)ccc1C(=O)CCCN1CCC(O)(c2ccc(Cl)c(C(F)(F)F)c2)CC1. The van der Waals surface area contributed by atoms with E-state index in [2.05, 4.69) is 4.90 Å². The lowest BCUT2D eigenvalue weighted by atomic mass is 9.83. The molecular weight excluding hydrogens is 434 g/mol. The van der Waals surface area contributed by atoms with Gasteiger partial charge in [-0.05, 0) is 74.2 Å². The fraction of sp³-hybridized carbons (Fsp3) is 0.435. The second-order valence-electron chi connectivity index (χ2n) is 8.05. The highest BCUT2D eigenvalue weighted by Gasteiger charge is 2.38. The number of ketones is 1. The van der Waals surface area contributed by atoms with E-state index in [-0.39, 0.29) is 30.0 Å². The third-order valence-corrected chi connectivity index (χ3v) is 6.19. The fourth-order valence-corrected chi connectivity index (χ4v) is 4.23. The summed E-state index contributed by atoms with van der Waals surface area (Å²) >= 11 is 5.68. The van der Waals surface area contributed by atoms with Crippen LogP contribution >= 0.6 is 11.6 Å². The van der Waals surface area contributed by atoms with Crippen LogP contribution in [0, 0.1) is 12.7 Å². The van der Waals surface area contributed by atoms with Gasteiger partial charge in [0, 0.05) is 25.1 Å². The first-order chi connectivity index (χ1) is 14.5. The zero-order valence-corrected chi connectivity index (χ0v) is 17.9. The van der Waals surface area contributed by atoms with Crippen molar-refractivity contribution in [2.75, 3.05) is 19.6 Å². The molecule has 0 bridgehead atoms. The third-order valence-electron chi connectivity index (χ3n) is 5.86. The summed E-state index contributed by atoms with van der Waals surface area (Å²) in [6, 6.07) is 7.65. The number of benzene rings is 2. The van der Waals surface area contributed by atoms with Gasteiger partial charge in [-0.25, -0.2) is 4.39 Å². The Hall–Kier alpha value is -1.96. The minimum Gasteiger partial charge on any atom is -0.385 e. The maximum absolute atomic E-state index is 13.2. The zero-order valence-electron chi connectivity index (χ0n) is 17.1. The molecule has 2 aromatic carbocycles. The van der Waals surface area contributed by atoms with Crippen molar-refractivity contribution in [3.8, 4) is 0 Å². The van der Waals surface area contributed by atoms with Crippen molar-refractivity contribution in [3.63, 3.8) is 0 Å². The molecule has 0 spiro atoms. The molecule has 0 radical (unpaired) electrons. The lowest BCUT2D eigenvalue weighted by Crippen LogP contribution is -2.43. The van der Waals surface area contributed by atoms with E-state index in [4.69, 9.17) is 11.6 Å². The van der Waals surface area contributed by atoms with Crippen molar-refractivity contribution >= 4 is 17.4 Å². The average Bonchev–Trinajstić information content (AvgIpc) is 2.69. The minimum atomic E-state index is -4.58. The molecule has 1 heterocycles. The zero-order chi connectivity index (χ0) is 22.8. The van der Waals surface area contributed by atoms with Crippen molar-refractivity contribution in [2.45, 2.75) is 44.4 Å². The number of nitrogens with zero attached hydrogens (tertiary/aromatic N) is 1. The van der Waals surface area contributed by atoms with Crippen molar-refractivity contribution in [3.05, 3.63) is 69.5 Å². The van der Waals surface area contributed by atoms with Crippen LogP contribution in [0.2, 0.25) is 5.02 Å². The summed E-state index contributed by atoms with van der Waals surface area (Å²) in [4.78, 5) is 14.4. The normalized spacial score (nSPS) is 17.0. The van der Waals surface area contributed by atoms with Gasteiger partial charge in [-0.2, -0.15) is 13.2 Å². The Morgan fingerprint density at radius 1 is 1.16 bits per heavy atom. The summed E-state index contributed by atoms with van der Waals surface area (Å²) in [5, 5.41) is 10.5. The van der Waals surface area contributed by atoms with Crippen molar-refractivity contribution in [1.29, 1.82) is 0 Å². The van der Waals surface area contributed by atoms with Gasteiger partial charge in [0.25, 0.3) is 0 Å². The minimum absolute atomic E-state index is 0.0492. The number of hydrogen-bond donors (Lipinski definition) is 1. The van der Waals surface area contributed by atoms with Gasteiger partial charge >= 0.3 is 6.18 Å². The van der Waals surface area contributed by atoms with Gasteiger partial charge in [-0.3, -0.25) is 4.79 Å². The second kappa shape index (κ2) is 9.27. The van der Waals surface area contributed by atoms with E-state index in [1.165, 1.54) is 30.3 Å². The lowest BCUT2D eigenvalue weighted by Gasteiger charge is -2.38. The highest BCUT2D eigenvalue weighted by Crippen LogP contribution is 2.40. The van der Waals surface area contributed by atoms with Crippen molar-refractivity contribution in [2.24, 2.45) is 0 Å². The number of alkyl halides is 3. The molecule has 0 saturated carbocycles. The summed E-state index contributed by atoms with van der Waals surface area (Å²) < 4.78 is 52.6. The fourth-order valence-electron chi connectivity index (χ4n) is 4.01. The third kappa shape index (κ3) is 5.64. The van der Waals surface area contributed by atoms with Gasteiger partial charge in [0.1, 0.15) is 5.82 Å². The Kier molecular flexibility index (Phi) is 7.08. The number of Topliss-reactive ketones (excluding diaryl/α,β-unsaturated/α-hetero) is 1. The Balaban J connectivity index is 1.54. The van der Waals surface area contributed by atoms with E-state index in [0.29, 0.717) is 43.6 Å². The van der Waals surface area contributed by atoms with Gasteiger partial charge in [0.2, 0.25) is 0 Å². The molecule has 168 valence electrons. The van der Waals surface area contributed by atoms with Gasteiger partial charge < -0.3 is 10.0 Å². The predicted molar refractivity (Wildman–Crippen MR) is 111 cm³/mol. The quantitative estimate of drug-likeness (QED) is 0.443. The number of hydrogen-bond acceptors (Lipinski definition) is 3. The standard InChI is InChI=1S/C23H24ClF4NO2/c1-15-13-17(25)5-6-18(15)21(30)3-2-10-29-11-8-22(31,9-12-29)16-4-7-20(24)19(14-16)23(26,27)28/h4-7,13-14,31H,2-3,8-12H2,1H3. The monoisotopic (exact) mass is 457 g/mol. The van der Waals surface area contributed by atoms with E-state index in [1.54, 1.807) is 6.92 Å². The van der Waals surface area contributed by atoms with Crippen LogP contribution in [-0.4, -0.2) is 35.4 Å². The van der Waals surface area contributed by atoms with E-state index in [9.17, 15) is 27.5 Å². The number of carbonyl (C=O) groups is 1. The maximum Gasteiger partial charge on any atom is 0.417 e. The highest BCUT2D eigenvalue weighted by atomic mass is 35.5. The molecule has 0 amide bonds. The van der Waals surface area contributed by atoms with Crippen molar-refractivity contribution < 1.29 is 27.5 Å². The van der Waals surface area contributed by atoms with Gasteiger partial charge in [-0.15, -0.1) is 0 Å².